The van der Waals surface area contributed by atoms with Crippen LogP contribution >= 0.6 is 0 Å². The van der Waals surface area contributed by atoms with Crippen molar-refractivity contribution in [3.8, 4) is 0 Å². The summed E-state index contributed by atoms with van der Waals surface area (Å²) in [5.41, 5.74) is 0. The molecule has 0 radical (unpaired) electrons. The molecule has 28 heteroatoms. The highest BCUT2D eigenvalue weighted by Gasteiger charge is 2.57. The van der Waals surface area contributed by atoms with Crippen LogP contribution in [0.2, 0.25) is 0 Å². The van der Waals surface area contributed by atoms with E-state index in [-0.39, 0.29) is 0 Å². The highest BCUT2D eigenvalue weighted by atomic mass is 16.8. The molecule has 0 amide bonds. The van der Waals surface area contributed by atoms with Gasteiger partial charge >= 0.3 is 23.9 Å². The minimum absolute atomic E-state index is 0.742. The number of hydrogen-bond donors (Lipinski definition) is 12. The maximum atomic E-state index is 11.4. The third-order valence-corrected chi connectivity index (χ3v) is 9.76. The number of carbonyl (C=O) groups is 4. The van der Waals surface area contributed by atoms with Crippen LogP contribution in [0.1, 0.15) is 0 Å². The number of carboxylic acid groups (broad SMARTS) is 4. The van der Waals surface area contributed by atoms with Crippen molar-refractivity contribution in [1.82, 2.24) is 0 Å². The minimum Gasteiger partial charge on any atom is -0.480 e. The Hall–Kier alpha value is -2.92. The van der Waals surface area contributed by atoms with Crippen molar-refractivity contribution in [1.29, 1.82) is 0 Å². The second kappa shape index (κ2) is 21.4. The van der Waals surface area contributed by atoms with Gasteiger partial charge in [-0.1, -0.05) is 0 Å². The van der Waals surface area contributed by atoms with Gasteiger partial charge in [0.05, 0.1) is 26.4 Å². The van der Waals surface area contributed by atoms with Crippen LogP contribution in [0, 0.1) is 0 Å². The molecule has 0 aromatic heterocycles. The van der Waals surface area contributed by atoms with Crippen molar-refractivity contribution in [2.24, 2.45) is 0 Å². The monoisotopic (exact) mass is 880 g/mol. The summed E-state index contributed by atoms with van der Waals surface area (Å²) in [7, 11) is 0. The SMILES string of the molecule is O=C(O)COC[C@@H]1O[C@H]2O[C@@H]3[C@@H](O)[C@H](O)[C@H](O[C@@H]4[C@@H](O)[C@H](O)[C@H](O[C@@H]5[C@@H](O)[C@H](O)[C@H](O[C@@H]1[C@@H](O)[C@@H]2O)O[C@H]5COCC(=O)O)O[C@H]4COCC(=O)O)O[C@H]3COCC(=O)O. The average Bonchev–Trinajstić information content (AvgIpc) is 3.17. The highest BCUT2D eigenvalue weighted by Crippen LogP contribution is 2.37. The Morgan fingerprint density at radius 2 is 0.500 bits per heavy atom. The van der Waals surface area contributed by atoms with E-state index < -0.39 is 200 Å². The van der Waals surface area contributed by atoms with Crippen LogP contribution in [0.3, 0.4) is 0 Å². The Labute approximate surface area is 337 Å². The molecule has 344 valence electrons. The molecule has 0 aromatic carbocycles. The van der Waals surface area contributed by atoms with Crippen molar-refractivity contribution < 1.29 is 137 Å². The third-order valence-electron chi connectivity index (χ3n) is 9.76. The fourth-order valence-corrected chi connectivity index (χ4v) is 6.95. The molecule has 28 nitrogen and oxygen atoms in total. The lowest BCUT2D eigenvalue weighted by atomic mass is 9.94. The number of rotatable bonds is 16. The summed E-state index contributed by atoms with van der Waals surface area (Å²) in [6, 6.07) is 0. The zero-order valence-electron chi connectivity index (χ0n) is 31.1. The molecule has 8 bridgehead atoms. The van der Waals surface area contributed by atoms with Gasteiger partial charge in [0.15, 0.2) is 25.2 Å². The van der Waals surface area contributed by atoms with E-state index in [1.807, 2.05) is 0 Å². The van der Waals surface area contributed by atoms with E-state index in [0.29, 0.717) is 0 Å². The number of aliphatic hydroxyl groups is 8. The van der Waals surface area contributed by atoms with Gasteiger partial charge < -0.3 is 118 Å². The number of hydrogen-bond acceptors (Lipinski definition) is 24. The van der Waals surface area contributed by atoms with Gasteiger partial charge in [-0.25, -0.2) is 19.2 Å². The Morgan fingerprint density at radius 3 is 0.667 bits per heavy atom. The largest absolute Gasteiger partial charge is 0.480 e. The molecule has 14 heterocycles. The molecule has 0 saturated carbocycles. The van der Waals surface area contributed by atoms with Crippen LogP contribution in [0.4, 0.5) is 0 Å². The lowest BCUT2D eigenvalue weighted by molar-refractivity contribution is -0.405. The molecule has 14 aliphatic rings. The predicted molar refractivity (Wildman–Crippen MR) is 176 cm³/mol. The first-order chi connectivity index (χ1) is 28.4. The van der Waals surface area contributed by atoms with E-state index in [1.54, 1.807) is 0 Å². The molecule has 0 spiro atoms. The molecule has 0 unspecified atom stereocenters. The standard InChI is InChI=1S/C32H48O28/c33-13(34)5-49-1-9-25-17(41)21(45)29(53-9)58-26-10(2-50-6-14(35)36)55-31(23(47)19(26)43)60-28-12(4-52-8-16(39)40)56-32(24(48)20(28)44)59-27-11(3-51-7-15(37)38)54-30(57-25)22(46)18(27)42/h9-12,17-32,41-48H,1-8H2,(H,33,34)(H,35,36)(H,37,38)(H,39,40)/t9-,10-,11-,12-,17-,18-,19-,20-,21-,22-,23-,24-,25-,26-,27-,28-,29-,30-,31-,32-/m0/s1. The first kappa shape index (κ1) is 48.1. The van der Waals surface area contributed by atoms with E-state index in [1.165, 1.54) is 0 Å². The smallest absolute Gasteiger partial charge is 0.329 e. The fraction of sp³-hybridized carbons (Fsp3) is 0.875. The number of aliphatic carboxylic acids is 4. The molecule has 0 aliphatic carbocycles. The molecule has 14 aliphatic heterocycles. The Kier molecular flexibility index (Phi) is 17.2. The normalized spacial score (nSPS) is 43.5. The fourth-order valence-electron chi connectivity index (χ4n) is 6.95. The van der Waals surface area contributed by atoms with Gasteiger partial charge in [-0.15, -0.1) is 0 Å². The van der Waals surface area contributed by atoms with Crippen molar-refractivity contribution in [2.45, 2.75) is 123 Å². The number of carboxylic acids is 4. The zero-order chi connectivity index (χ0) is 44.0. The molecular weight excluding hydrogens is 832 g/mol. The Balaban J connectivity index is 1.56. The molecule has 12 N–H and O–H groups in total. The van der Waals surface area contributed by atoms with Gasteiger partial charge in [-0.3, -0.25) is 0 Å². The predicted octanol–water partition coefficient (Wildman–Crippen LogP) is -8.27. The van der Waals surface area contributed by atoms with E-state index in [4.69, 9.17) is 77.3 Å². The van der Waals surface area contributed by atoms with Gasteiger partial charge in [0.25, 0.3) is 0 Å². The van der Waals surface area contributed by atoms with Crippen LogP contribution < -0.4 is 0 Å². The van der Waals surface area contributed by atoms with Gasteiger partial charge in [-0.2, -0.15) is 0 Å². The molecule has 14 fully saturated rings. The summed E-state index contributed by atoms with van der Waals surface area (Å²) in [5.74, 6) is -5.77. The third kappa shape index (κ3) is 11.8. The summed E-state index contributed by atoms with van der Waals surface area (Å²) in [6.45, 7) is -6.68. The van der Waals surface area contributed by atoms with Crippen molar-refractivity contribution >= 4 is 23.9 Å². The van der Waals surface area contributed by atoms with Gasteiger partial charge in [0.2, 0.25) is 0 Å². The van der Waals surface area contributed by atoms with E-state index in [0.717, 1.165) is 0 Å². The van der Waals surface area contributed by atoms with Crippen LogP contribution in [-0.4, -0.2) is 261 Å². The number of ether oxygens (including phenoxy) is 12. The average molecular weight is 881 g/mol. The Bertz CT molecular complexity index is 1230. The van der Waals surface area contributed by atoms with Crippen LogP contribution in [0.5, 0.6) is 0 Å². The van der Waals surface area contributed by atoms with Gasteiger partial charge in [-0.05, 0) is 0 Å². The highest BCUT2D eigenvalue weighted by molar-refractivity contribution is 5.68. The Morgan fingerprint density at radius 1 is 0.317 bits per heavy atom. The van der Waals surface area contributed by atoms with Crippen LogP contribution in [-0.2, 0) is 76.0 Å². The lowest BCUT2D eigenvalue weighted by Crippen LogP contribution is -2.69. The quantitative estimate of drug-likeness (QED) is 0.0685. The number of aliphatic hydroxyl groups excluding tert-OH is 8. The van der Waals surface area contributed by atoms with E-state index in [2.05, 4.69) is 0 Å². The van der Waals surface area contributed by atoms with Gasteiger partial charge in [0, 0.05) is 0 Å². The van der Waals surface area contributed by atoms with E-state index >= 15 is 0 Å². The first-order valence-corrected chi connectivity index (χ1v) is 18.2. The van der Waals surface area contributed by atoms with Crippen LogP contribution in [0.15, 0.2) is 0 Å². The van der Waals surface area contributed by atoms with E-state index in [9.17, 15) is 60.0 Å². The molecule has 14 rings (SSSR count). The zero-order valence-corrected chi connectivity index (χ0v) is 31.1. The second-order valence-electron chi connectivity index (χ2n) is 14.1. The summed E-state index contributed by atoms with van der Waals surface area (Å²) in [6.07, 6.45) is -39.3. The second-order valence-corrected chi connectivity index (χ2v) is 14.1. The van der Waals surface area contributed by atoms with Crippen molar-refractivity contribution in [3.05, 3.63) is 0 Å². The topological polar surface area (TPSA) is 422 Å². The lowest BCUT2D eigenvalue weighted by Gasteiger charge is -2.51. The maximum Gasteiger partial charge on any atom is 0.329 e. The summed E-state index contributed by atoms with van der Waals surface area (Å²) in [4.78, 5) is 45.0. The molecule has 0 aromatic rings. The maximum absolute atomic E-state index is 11.4. The summed E-state index contributed by atoms with van der Waals surface area (Å²) >= 11 is 0. The minimum atomic E-state index is -2.16. The molecule has 60 heavy (non-hydrogen) atoms. The molecule has 20 atom stereocenters. The summed E-state index contributed by atoms with van der Waals surface area (Å²) < 4.78 is 67.0. The van der Waals surface area contributed by atoms with Crippen molar-refractivity contribution in [2.75, 3.05) is 52.9 Å². The van der Waals surface area contributed by atoms with Crippen molar-refractivity contribution in [3.63, 3.8) is 0 Å². The molecular formula is C32H48O28. The van der Waals surface area contributed by atoms with Crippen LogP contribution in [0.25, 0.3) is 0 Å². The van der Waals surface area contributed by atoms with Gasteiger partial charge in [0.1, 0.15) is 124 Å². The summed E-state index contributed by atoms with van der Waals surface area (Å²) in [5, 5.41) is 127. The first-order valence-electron chi connectivity index (χ1n) is 18.2. The molecule has 14 saturated heterocycles.